The van der Waals surface area contributed by atoms with Crippen molar-refractivity contribution in [3.63, 3.8) is 0 Å². The second kappa shape index (κ2) is 36.8. The third-order valence-corrected chi connectivity index (χ3v) is 22.5. The molecular weight excluding hydrogens is 1570 g/mol. The predicted octanol–water partition coefficient (Wildman–Crippen LogP) is 14.0. The summed E-state index contributed by atoms with van der Waals surface area (Å²) in [4.78, 5) is 119. The number of aromatic nitrogens is 9. The van der Waals surface area contributed by atoms with Crippen molar-refractivity contribution in [3.8, 4) is 17.2 Å². The Morgan fingerprint density at radius 2 is 0.842 bits per heavy atom. The molecule has 3 aliphatic carbocycles. The summed E-state index contributed by atoms with van der Waals surface area (Å²) in [5.74, 6) is -3.54. The number of nitrogens with one attached hydrogen (secondary N) is 5. The third kappa shape index (κ3) is 19.6. The van der Waals surface area contributed by atoms with Crippen LogP contribution < -0.4 is 35.5 Å². The minimum atomic E-state index is -1.39. The Labute approximate surface area is 687 Å². The molecule has 35 heteroatoms. The molecule has 3 aliphatic heterocycles. The number of amides is 5. The van der Waals surface area contributed by atoms with Crippen LogP contribution in [0.25, 0.3) is 33.1 Å². The average Bonchev–Trinajstić information content (AvgIpc) is 1.42. The predicted molar refractivity (Wildman–Crippen MR) is 430 cm³/mol. The van der Waals surface area contributed by atoms with E-state index in [4.69, 9.17) is 23.7 Å². The van der Waals surface area contributed by atoms with E-state index in [1.807, 2.05) is 0 Å². The van der Waals surface area contributed by atoms with Crippen molar-refractivity contribution in [1.29, 1.82) is 0 Å². The first-order valence-corrected chi connectivity index (χ1v) is 40.1. The van der Waals surface area contributed by atoms with Crippen LogP contribution in [-0.2, 0) is 54.5 Å². The summed E-state index contributed by atoms with van der Waals surface area (Å²) in [6, 6.07) is 20.5. The molecule has 6 N–H and O–H groups in total. The number of aromatic amines is 1. The molecule has 5 amide bonds. The van der Waals surface area contributed by atoms with E-state index in [1.54, 1.807) is 90.1 Å². The number of likely N-dealkylation sites (tertiary alicyclic amines) is 2. The monoisotopic (exact) mass is 1670 g/mol. The Balaban J connectivity index is 0.000000153. The maximum absolute atomic E-state index is 14.8. The molecule has 9 aromatic rings. The third-order valence-electron chi connectivity index (χ3n) is 22.5. The van der Waals surface area contributed by atoms with Crippen LogP contribution in [0.4, 0.5) is 53.4 Å². The summed E-state index contributed by atoms with van der Waals surface area (Å²) in [5.41, 5.74) is 0.147. The summed E-state index contributed by atoms with van der Waals surface area (Å²) in [7, 11) is 4.15. The first kappa shape index (κ1) is 87.5. The van der Waals surface area contributed by atoms with E-state index < -0.39 is 112 Å². The van der Waals surface area contributed by atoms with Gasteiger partial charge in [-0.05, 0) is 170 Å². The molecule has 9 heterocycles. The molecule has 0 unspecified atom stereocenters. The molecule has 0 radical (unpaired) electrons. The highest BCUT2D eigenvalue weighted by Gasteiger charge is 2.52. The lowest BCUT2D eigenvalue weighted by molar-refractivity contribution is -0.145. The minimum absolute atomic E-state index is 0.0699. The van der Waals surface area contributed by atoms with Gasteiger partial charge in [-0.1, -0.05) is 76.0 Å². The number of nitrogens with zero attached hydrogens (tertiary/aromatic N) is 10. The van der Waals surface area contributed by atoms with Crippen LogP contribution in [0.2, 0.25) is 0 Å². The van der Waals surface area contributed by atoms with Crippen molar-refractivity contribution in [2.75, 3.05) is 56.9 Å². The smallest absolute Gasteiger partial charge is 0.435 e. The molecule has 6 atom stereocenters. The van der Waals surface area contributed by atoms with Crippen LogP contribution in [0, 0.1) is 17.5 Å². The van der Waals surface area contributed by atoms with Gasteiger partial charge in [0.1, 0.15) is 75.8 Å². The zero-order chi connectivity index (χ0) is 86.2. The van der Waals surface area contributed by atoms with Crippen LogP contribution in [0.3, 0.4) is 0 Å². The number of carbonyl (C=O) groups excluding carboxylic acids is 7. The van der Waals surface area contributed by atoms with Crippen molar-refractivity contribution < 1.29 is 93.5 Å². The number of benzene rings is 3. The fourth-order valence-electron chi connectivity index (χ4n) is 16.6. The number of hydrogen-bond acceptors (Lipinski definition) is 20. The highest BCUT2D eigenvalue weighted by molar-refractivity contribution is 6.02. The maximum Gasteiger partial charge on any atom is 0.435 e. The number of rotatable bonds is 15. The number of H-pyrrole nitrogens is 1. The molecule has 120 heavy (non-hydrogen) atoms. The normalized spacial score (nSPS) is 20.5. The van der Waals surface area contributed by atoms with Gasteiger partial charge < -0.3 is 59.9 Å². The van der Waals surface area contributed by atoms with E-state index in [2.05, 4.69) is 56.6 Å². The van der Waals surface area contributed by atoms with Crippen molar-refractivity contribution in [2.24, 2.45) is 0 Å². The number of aliphatic carboxylic acids is 1. The Hall–Kier alpha value is -11.8. The number of fused-ring (bicyclic) bond motifs is 3. The molecule has 0 spiro atoms. The molecule has 3 aromatic carbocycles. The van der Waals surface area contributed by atoms with E-state index in [0.717, 1.165) is 72.7 Å². The number of ether oxygens (including phenoxy) is 5. The van der Waals surface area contributed by atoms with Crippen LogP contribution in [0.5, 0.6) is 17.2 Å². The number of hydrogen-bond donors (Lipinski definition) is 6. The zero-order valence-corrected chi connectivity index (χ0v) is 68.2. The van der Waals surface area contributed by atoms with E-state index in [9.17, 15) is 69.8 Å². The van der Waals surface area contributed by atoms with Gasteiger partial charge in [0.15, 0.2) is 34.7 Å². The molecule has 3 saturated carbocycles. The van der Waals surface area contributed by atoms with Crippen LogP contribution in [-0.4, -0.2) is 196 Å². The number of alkyl halides is 3. The van der Waals surface area contributed by atoms with Gasteiger partial charge >= 0.3 is 18.2 Å². The van der Waals surface area contributed by atoms with Gasteiger partial charge in [0.2, 0.25) is 29.5 Å². The van der Waals surface area contributed by atoms with Gasteiger partial charge in [0.05, 0.1) is 91.8 Å². The first-order valence-electron chi connectivity index (χ1n) is 40.1. The number of carbonyl (C=O) groups is 8. The van der Waals surface area contributed by atoms with Crippen LogP contribution in [0.15, 0.2) is 110 Å². The van der Waals surface area contributed by atoms with Gasteiger partial charge in [-0.3, -0.25) is 33.9 Å². The summed E-state index contributed by atoms with van der Waals surface area (Å²) >= 11 is 0. The molecule has 29 nitrogen and oxygen atoms in total. The minimum Gasteiger partial charge on any atom is -0.494 e. The van der Waals surface area contributed by atoms with Crippen molar-refractivity contribution in [2.45, 2.75) is 221 Å². The lowest BCUT2D eigenvalue weighted by Gasteiger charge is -2.40. The average molecular weight is 1670 g/mol. The zero-order valence-electron chi connectivity index (χ0n) is 68.2. The molecule has 0 bridgehead atoms. The number of halogens is 6. The second-order valence-corrected chi connectivity index (χ2v) is 32.9. The molecule has 15 rings (SSSR count). The summed E-state index contributed by atoms with van der Waals surface area (Å²) < 4.78 is 113. The standard InChI is InChI=1S/C30H35F2N5O5.C25H27F2N5O3.C16H20FN5O3.C14H17FO3/c1-29(2,3)42-28(40)37-22-9-11-25(34-21(22)16-33-37)35-26(38)23-15-19(31)17-36(23)27(39)30(12-6-5-7-13-30)18-8-10-24(41-4)20(32)14-18;1-35-21-7-5-15(11-17(21)27)25(9-3-2-4-10-25)24(34)32-14-16(26)12-20(32)23(33)30-22-8-6-18-19(29-22)13-28-31-18;1-16(2,3)25-15(24)22-12-4-5-13(20-11(12)8-19-22)21-14(23)10-6-9(17)7-18-10;1-18-12-6-5-10(9-11(12)15)14(13(16)17)7-3-2-4-8-14/h8-11,14,16,19,23H,5-7,12-13,15,17H2,1-4H3,(H,34,35,38);5-8,11,13,16,20H,2-4,9-10,12,14H2,1H3,(H,28,31)(H,29,30,33);4-5,8-10,18H,6-7H2,1-3H3,(H,20,21,23);5-6,9H,2-4,7-8H2,1H3,(H,16,17)/t19-,23-;16-,20-;9-,10-;/m111./s1. The highest BCUT2D eigenvalue weighted by atomic mass is 19.2. The van der Waals surface area contributed by atoms with Crippen LogP contribution >= 0.6 is 0 Å². The van der Waals surface area contributed by atoms with E-state index in [-0.39, 0.29) is 79.7 Å². The molecule has 6 fully saturated rings. The molecule has 6 aliphatic rings. The first-order chi connectivity index (χ1) is 57.1. The Morgan fingerprint density at radius 1 is 0.467 bits per heavy atom. The number of methoxy groups -OCH3 is 3. The number of pyridine rings is 3. The number of carboxylic acid groups (broad SMARTS) is 1. The van der Waals surface area contributed by atoms with Gasteiger partial charge in [-0.15, -0.1) is 0 Å². The van der Waals surface area contributed by atoms with Crippen molar-refractivity contribution in [3.05, 3.63) is 144 Å². The van der Waals surface area contributed by atoms with Crippen LogP contribution in [0.1, 0.15) is 174 Å². The molecule has 3 saturated heterocycles. The van der Waals surface area contributed by atoms with Gasteiger partial charge in [-0.2, -0.15) is 24.7 Å². The summed E-state index contributed by atoms with van der Waals surface area (Å²) in [5, 5.41) is 35.1. The van der Waals surface area contributed by atoms with E-state index in [0.29, 0.717) is 94.4 Å². The van der Waals surface area contributed by atoms with Crippen molar-refractivity contribution >= 4 is 98.2 Å². The summed E-state index contributed by atoms with van der Waals surface area (Å²) in [6.45, 7) is 10.3. The lowest BCUT2D eigenvalue weighted by Crippen LogP contribution is -2.52. The maximum atomic E-state index is 14.8. The molecule has 640 valence electrons. The number of anilines is 3. The molecule has 6 aromatic heterocycles. The topological polar surface area (TPSA) is 361 Å². The lowest BCUT2D eigenvalue weighted by atomic mass is 9.68. The quantitative estimate of drug-likeness (QED) is 0.0519. The highest BCUT2D eigenvalue weighted by Crippen LogP contribution is 2.47. The fraction of sp³-hybridized carbons (Fsp3) is 0.482. The fourth-order valence-corrected chi connectivity index (χ4v) is 16.6. The SMILES string of the molecule is CC(C)(C)OC(=O)n1ncc2nc(NC(=O)[C@H]3C[C@@H](F)CN3)ccc21.COc1ccc(C2(C(=O)N3C[C@H](F)C[C@@H]3C(=O)Nc3ccc4[nH]ncc4n3)CCCCC2)cc1F.COc1ccc(C2(C(=O)N3C[C@H](F)C[C@@H]3C(=O)Nc3ccc4c(cnn4C(=O)OC(C)(C)C)n3)CCCCC2)cc1F.COc1ccc(C2(C(=O)O)CCCCC2)cc1F. The Kier molecular flexibility index (Phi) is 26.9. The van der Waals surface area contributed by atoms with Crippen molar-refractivity contribution in [1.82, 2.24) is 59.8 Å². The Bertz CT molecular complexity index is 5260. The number of carboxylic acids is 1. The van der Waals surface area contributed by atoms with E-state index in [1.165, 1.54) is 92.2 Å². The van der Waals surface area contributed by atoms with Gasteiger partial charge in [0.25, 0.3) is 0 Å². The van der Waals surface area contributed by atoms with Gasteiger partial charge in [0, 0.05) is 25.8 Å². The Morgan fingerprint density at radius 3 is 1.21 bits per heavy atom. The molecular formula is C85H99F6N15O14. The van der Waals surface area contributed by atoms with Gasteiger partial charge in [-0.25, -0.2) is 50.9 Å². The second-order valence-electron chi connectivity index (χ2n) is 32.9. The largest absolute Gasteiger partial charge is 0.494 e. The summed E-state index contributed by atoms with van der Waals surface area (Å²) in [6.07, 6.45) is 10.1. The van der Waals surface area contributed by atoms with E-state index >= 15 is 0 Å².